The monoisotopic (exact) mass is 307 g/mol. The summed E-state index contributed by atoms with van der Waals surface area (Å²) in [5, 5.41) is 9.42. The van der Waals surface area contributed by atoms with Crippen LogP contribution in [0.2, 0.25) is 0 Å². The van der Waals surface area contributed by atoms with Crippen molar-refractivity contribution in [3.8, 4) is 0 Å². The number of carbonyl (C=O) groups excluding carboxylic acids is 1. The molecule has 0 spiro atoms. The van der Waals surface area contributed by atoms with Gasteiger partial charge in [0.1, 0.15) is 18.1 Å². The molecule has 9 nitrogen and oxygen atoms in total. The van der Waals surface area contributed by atoms with Crippen LogP contribution in [0.5, 0.6) is 0 Å². The summed E-state index contributed by atoms with van der Waals surface area (Å²) in [6, 6.07) is 0. The first kappa shape index (κ1) is 14.7. The molecule has 1 saturated heterocycles. The number of ether oxygens (including phenoxy) is 2. The average Bonchev–Trinajstić information content (AvgIpc) is 3.11. The van der Waals surface area contributed by atoms with Crippen LogP contribution in [0, 0.1) is 5.92 Å². The van der Waals surface area contributed by atoms with Crippen LogP contribution in [-0.4, -0.2) is 49.9 Å². The third kappa shape index (κ3) is 2.38. The van der Waals surface area contributed by atoms with Crippen molar-refractivity contribution in [2.75, 3.05) is 18.9 Å². The van der Waals surface area contributed by atoms with Crippen LogP contribution in [0.25, 0.3) is 11.2 Å². The second-order valence-corrected chi connectivity index (χ2v) is 4.99. The Hall–Kier alpha value is -2.26. The molecule has 2 aromatic rings. The number of esters is 1. The van der Waals surface area contributed by atoms with Gasteiger partial charge in [0.2, 0.25) is 0 Å². The Morgan fingerprint density at radius 3 is 3.09 bits per heavy atom. The molecule has 0 amide bonds. The third-order valence-corrected chi connectivity index (χ3v) is 3.70. The molecule has 22 heavy (non-hydrogen) atoms. The zero-order valence-corrected chi connectivity index (χ0v) is 12.0. The molecule has 0 radical (unpaired) electrons. The van der Waals surface area contributed by atoms with Gasteiger partial charge in [-0.05, 0) is 6.92 Å². The van der Waals surface area contributed by atoms with Crippen LogP contribution >= 0.6 is 0 Å². The molecule has 9 heteroatoms. The van der Waals surface area contributed by atoms with Crippen molar-refractivity contribution in [2.24, 2.45) is 5.92 Å². The number of anilines is 1. The molecule has 118 valence electrons. The fraction of sp³-hybridized carbons (Fsp3) is 0.538. The van der Waals surface area contributed by atoms with Gasteiger partial charge in [0.15, 0.2) is 11.5 Å². The van der Waals surface area contributed by atoms with Gasteiger partial charge in [-0.25, -0.2) is 15.0 Å². The lowest BCUT2D eigenvalue weighted by molar-refractivity contribution is -0.150. The molecular weight excluding hydrogens is 290 g/mol. The van der Waals surface area contributed by atoms with E-state index in [0.717, 1.165) is 0 Å². The van der Waals surface area contributed by atoms with Crippen LogP contribution in [0.1, 0.15) is 19.6 Å². The number of aromatic nitrogens is 4. The number of hydrogen-bond acceptors (Lipinski definition) is 8. The Balaban J connectivity index is 1.89. The van der Waals surface area contributed by atoms with Gasteiger partial charge in [0.05, 0.1) is 31.6 Å². The maximum absolute atomic E-state index is 12.0. The van der Waals surface area contributed by atoms with Crippen molar-refractivity contribution in [2.45, 2.75) is 25.7 Å². The zero-order valence-electron chi connectivity index (χ0n) is 12.0. The molecule has 3 heterocycles. The van der Waals surface area contributed by atoms with Gasteiger partial charge in [0, 0.05) is 6.42 Å². The normalized spacial score (nSPS) is 24.7. The minimum Gasteiger partial charge on any atom is -0.466 e. The molecule has 0 aromatic carbocycles. The van der Waals surface area contributed by atoms with Gasteiger partial charge < -0.3 is 20.3 Å². The number of fused-ring (bicyclic) bond motifs is 1. The lowest BCUT2D eigenvalue weighted by Crippen LogP contribution is -2.28. The maximum atomic E-state index is 12.0. The predicted molar refractivity (Wildman–Crippen MR) is 75.5 cm³/mol. The molecule has 3 atom stereocenters. The average molecular weight is 307 g/mol. The summed E-state index contributed by atoms with van der Waals surface area (Å²) in [5.74, 6) is -0.614. The quantitative estimate of drug-likeness (QED) is 0.748. The highest BCUT2D eigenvalue weighted by Crippen LogP contribution is 2.35. The van der Waals surface area contributed by atoms with Gasteiger partial charge in [-0.15, -0.1) is 0 Å². The Morgan fingerprint density at radius 1 is 1.55 bits per heavy atom. The molecule has 0 saturated carbocycles. The molecule has 3 N–H and O–H groups in total. The van der Waals surface area contributed by atoms with Gasteiger partial charge >= 0.3 is 5.97 Å². The number of rotatable bonds is 4. The smallest absolute Gasteiger partial charge is 0.311 e. The second kappa shape index (κ2) is 5.85. The lowest BCUT2D eigenvalue weighted by atomic mass is 10.0. The first-order chi connectivity index (χ1) is 10.7. The molecule has 1 aliphatic rings. The van der Waals surface area contributed by atoms with Gasteiger partial charge in [0.25, 0.3) is 0 Å². The molecule has 3 rings (SSSR count). The summed E-state index contributed by atoms with van der Waals surface area (Å²) < 4.78 is 12.5. The lowest BCUT2D eigenvalue weighted by Gasteiger charge is -2.14. The number of hydrogen-bond donors (Lipinski definition) is 2. The summed E-state index contributed by atoms with van der Waals surface area (Å²) in [6.07, 6.45) is 2.19. The van der Waals surface area contributed by atoms with E-state index < -0.39 is 18.2 Å². The summed E-state index contributed by atoms with van der Waals surface area (Å²) in [7, 11) is 0. The number of aliphatic hydroxyl groups excluding tert-OH is 1. The highest BCUT2D eigenvalue weighted by Gasteiger charge is 2.41. The van der Waals surface area contributed by atoms with Crippen molar-refractivity contribution < 1.29 is 19.4 Å². The first-order valence-electron chi connectivity index (χ1n) is 7.01. The number of aliphatic hydroxyl groups is 1. The van der Waals surface area contributed by atoms with E-state index in [1.165, 1.54) is 6.33 Å². The highest BCUT2D eigenvalue weighted by atomic mass is 16.6. The van der Waals surface area contributed by atoms with Crippen LogP contribution in [0.3, 0.4) is 0 Å². The van der Waals surface area contributed by atoms with Crippen molar-refractivity contribution in [3.05, 3.63) is 12.7 Å². The maximum Gasteiger partial charge on any atom is 0.311 e. The van der Waals surface area contributed by atoms with Gasteiger partial charge in [-0.1, -0.05) is 0 Å². The molecule has 0 bridgehead atoms. The second-order valence-electron chi connectivity index (χ2n) is 4.99. The Morgan fingerprint density at radius 2 is 2.36 bits per heavy atom. The van der Waals surface area contributed by atoms with E-state index in [2.05, 4.69) is 15.0 Å². The summed E-state index contributed by atoms with van der Waals surface area (Å²) >= 11 is 0. The molecule has 1 aliphatic heterocycles. The number of carbonyl (C=O) groups is 1. The summed E-state index contributed by atoms with van der Waals surface area (Å²) in [5.41, 5.74) is 6.76. The van der Waals surface area contributed by atoms with E-state index in [0.29, 0.717) is 17.6 Å². The van der Waals surface area contributed by atoms with Crippen LogP contribution in [0.4, 0.5) is 5.82 Å². The SMILES string of the molecule is CCOC(=O)[C@H]1CC(n2cnc3c(N)ncnc32)O[C@@H]1CO. The third-order valence-electron chi connectivity index (χ3n) is 3.70. The van der Waals surface area contributed by atoms with E-state index in [-0.39, 0.29) is 25.0 Å². The fourth-order valence-electron chi connectivity index (χ4n) is 2.65. The summed E-state index contributed by atoms with van der Waals surface area (Å²) in [4.78, 5) is 24.2. The van der Waals surface area contributed by atoms with E-state index in [1.807, 2.05) is 0 Å². The highest BCUT2D eigenvalue weighted by molar-refractivity contribution is 5.81. The minimum atomic E-state index is -0.610. The summed E-state index contributed by atoms with van der Waals surface area (Å²) in [6.45, 7) is 1.77. The number of imidazole rings is 1. The van der Waals surface area contributed by atoms with Crippen LogP contribution in [0.15, 0.2) is 12.7 Å². The van der Waals surface area contributed by atoms with Crippen molar-refractivity contribution >= 4 is 23.0 Å². The van der Waals surface area contributed by atoms with E-state index in [4.69, 9.17) is 15.2 Å². The zero-order chi connectivity index (χ0) is 15.7. The largest absolute Gasteiger partial charge is 0.466 e. The topological polar surface area (TPSA) is 125 Å². The molecule has 1 unspecified atom stereocenters. The van der Waals surface area contributed by atoms with Crippen LogP contribution in [-0.2, 0) is 14.3 Å². The van der Waals surface area contributed by atoms with E-state index >= 15 is 0 Å². The Labute approximate surface area is 126 Å². The van der Waals surface area contributed by atoms with Crippen molar-refractivity contribution in [1.29, 1.82) is 0 Å². The predicted octanol–water partition coefficient (Wildman–Crippen LogP) is -0.132. The van der Waals surface area contributed by atoms with E-state index in [9.17, 15) is 9.90 Å². The first-order valence-corrected chi connectivity index (χ1v) is 7.01. The standard InChI is InChI=1S/C13H17N5O4/c1-2-21-13(20)7-3-9(22-8(7)4-19)18-6-17-10-11(14)15-5-16-12(10)18/h5-9,19H,2-4H2,1H3,(H2,14,15,16)/t7-,8+,9?/m0/s1. The van der Waals surface area contributed by atoms with Gasteiger partial charge in [-0.2, -0.15) is 0 Å². The van der Waals surface area contributed by atoms with Crippen LogP contribution < -0.4 is 5.73 Å². The number of nitrogens with two attached hydrogens (primary N) is 1. The van der Waals surface area contributed by atoms with E-state index in [1.54, 1.807) is 17.8 Å². The molecule has 2 aromatic heterocycles. The number of nitrogen functional groups attached to an aromatic ring is 1. The fourth-order valence-corrected chi connectivity index (χ4v) is 2.65. The van der Waals surface area contributed by atoms with Crippen molar-refractivity contribution in [1.82, 2.24) is 19.5 Å². The minimum absolute atomic E-state index is 0.260. The Bertz CT molecular complexity index is 688. The molecule has 0 aliphatic carbocycles. The van der Waals surface area contributed by atoms with Gasteiger partial charge in [-0.3, -0.25) is 9.36 Å². The molecular formula is C13H17N5O4. The van der Waals surface area contributed by atoms with Crippen molar-refractivity contribution in [3.63, 3.8) is 0 Å². The molecule has 1 fully saturated rings. The number of nitrogens with zero attached hydrogens (tertiary/aromatic N) is 4. The Kier molecular flexibility index (Phi) is 3.90.